The van der Waals surface area contributed by atoms with Crippen LogP contribution in [0.15, 0.2) is 66.1 Å². The van der Waals surface area contributed by atoms with Crippen molar-refractivity contribution >= 4 is 46.0 Å². The number of aromatic nitrogens is 4. The van der Waals surface area contributed by atoms with Gasteiger partial charge in [-0.1, -0.05) is 41.6 Å². The molecule has 2 aromatic heterocycles. The van der Waals surface area contributed by atoms with E-state index in [2.05, 4.69) is 21.1 Å². The van der Waals surface area contributed by atoms with Gasteiger partial charge in [0.05, 0.1) is 23.0 Å². The Balaban J connectivity index is 1.38. The number of hydrogen-bond acceptors (Lipinski definition) is 5. The molecule has 1 aliphatic heterocycles. The van der Waals surface area contributed by atoms with E-state index in [4.69, 9.17) is 11.6 Å². The number of thioether (sulfide) groups is 1. The number of amides is 1. The van der Waals surface area contributed by atoms with Crippen molar-refractivity contribution in [3.63, 3.8) is 0 Å². The number of aryl methyl sites for hydroxylation is 1. The minimum Gasteiger partial charge on any atom is -0.311 e. The maximum Gasteiger partial charge on any atom is 0.237 e. The van der Waals surface area contributed by atoms with E-state index in [-0.39, 0.29) is 5.91 Å². The fourth-order valence-corrected chi connectivity index (χ4v) is 4.67. The predicted octanol–water partition coefficient (Wildman–Crippen LogP) is 4.54. The molecule has 0 unspecified atom stereocenters. The Labute approximate surface area is 182 Å². The van der Waals surface area contributed by atoms with Gasteiger partial charge >= 0.3 is 0 Å². The second kappa shape index (κ2) is 8.08. The summed E-state index contributed by atoms with van der Waals surface area (Å²) >= 11 is 7.41. The second-order valence-corrected chi connectivity index (χ2v) is 8.42. The predicted molar refractivity (Wildman–Crippen MR) is 120 cm³/mol. The first-order valence-corrected chi connectivity index (χ1v) is 11.0. The lowest BCUT2D eigenvalue weighted by molar-refractivity contribution is -0.116. The normalized spacial score (nSPS) is 13.4. The van der Waals surface area contributed by atoms with Gasteiger partial charge < -0.3 is 4.90 Å². The van der Waals surface area contributed by atoms with Crippen molar-refractivity contribution in [1.82, 2.24) is 19.7 Å². The number of anilines is 1. The smallest absolute Gasteiger partial charge is 0.237 e. The third kappa shape index (κ3) is 3.55. The largest absolute Gasteiger partial charge is 0.311 e. The van der Waals surface area contributed by atoms with Crippen LogP contribution in [-0.2, 0) is 11.2 Å². The van der Waals surface area contributed by atoms with Gasteiger partial charge in [-0.2, -0.15) is 5.10 Å². The van der Waals surface area contributed by atoms with Crippen LogP contribution in [0.1, 0.15) is 12.0 Å². The molecule has 0 aliphatic carbocycles. The summed E-state index contributed by atoms with van der Waals surface area (Å²) in [5.41, 5.74) is 3.82. The Kier molecular flexibility index (Phi) is 5.14. The Bertz CT molecular complexity index is 1220. The van der Waals surface area contributed by atoms with Gasteiger partial charge in [0.2, 0.25) is 5.91 Å². The Hall–Kier alpha value is -2.90. The summed E-state index contributed by atoms with van der Waals surface area (Å²) in [6.45, 7) is 0.754. The van der Waals surface area contributed by atoms with Crippen LogP contribution in [0, 0.1) is 0 Å². The molecule has 30 heavy (non-hydrogen) atoms. The lowest BCUT2D eigenvalue weighted by Crippen LogP contribution is -2.36. The van der Waals surface area contributed by atoms with Crippen molar-refractivity contribution < 1.29 is 4.79 Å². The highest BCUT2D eigenvalue weighted by molar-refractivity contribution is 8.00. The molecule has 0 spiro atoms. The number of benzene rings is 2. The molecule has 0 fully saturated rings. The van der Waals surface area contributed by atoms with Crippen LogP contribution in [0.2, 0.25) is 5.02 Å². The topological polar surface area (TPSA) is 63.9 Å². The number of nitrogens with zero attached hydrogens (tertiary/aromatic N) is 5. The average molecular weight is 436 g/mol. The average Bonchev–Trinajstić information content (AvgIpc) is 3.22. The SMILES string of the molecule is O=C(CSc1ncnc2c1cnn2-c1ccc(Cl)cc1)N1CCCc2ccccc21. The molecule has 5 rings (SSSR count). The van der Waals surface area contributed by atoms with Gasteiger partial charge in [0.15, 0.2) is 5.65 Å². The van der Waals surface area contributed by atoms with Gasteiger partial charge in [-0.25, -0.2) is 14.6 Å². The van der Waals surface area contributed by atoms with Crippen molar-refractivity contribution in [3.8, 4) is 5.69 Å². The van der Waals surface area contributed by atoms with Crippen LogP contribution in [-0.4, -0.2) is 38.0 Å². The maximum absolute atomic E-state index is 13.0. The highest BCUT2D eigenvalue weighted by Crippen LogP contribution is 2.30. The van der Waals surface area contributed by atoms with E-state index in [1.54, 1.807) is 10.9 Å². The number of halogens is 1. The summed E-state index contributed by atoms with van der Waals surface area (Å²) in [7, 11) is 0. The minimum atomic E-state index is 0.0870. The zero-order valence-electron chi connectivity index (χ0n) is 16.0. The third-order valence-corrected chi connectivity index (χ3v) is 6.39. The van der Waals surface area contributed by atoms with E-state index in [1.165, 1.54) is 23.7 Å². The van der Waals surface area contributed by atoms with E-state index >= 15 is 0 Å². The van der Waals surface area contributed by atoms with Gasteiger partial charge in [0.1, 0.15) is 11.4 Å². The van der Waals surface area contributed by atoms with Gasteiger partial charge in [-0.15, -0.1) is 0 Å². The van der Waals surface area contributed by atoms with E-state index in [0.29, 0.717) is 16.4 Å². The summed E-state index contributed by atoms with van der Waals surface area (Å²) in [6, 6.07) is 15.5. The monoisotopic (exact) mass is 435 g/mol. The van der Waals surface area contributed by atoms with Crippen molar-refractivity contribution in [2.24, 2.45) is 0 Å². The molecular weight excluding hydrogens is 418 g/mol. The van der Waals surface area contributed by atoms with Gasteiger partial charge in [0, 0.05) is 17.3 Å². The van der Waals surface area contributed by atoms with Crippen molar-refractivity contribution in [2.75, 3.05) is 17.2 Å². The van der Waals surface area contributed by atoms with E-state index < -0.39 is 0 Å². The van der Waals surface area contributed by atoms with Gasteiger partial charge in [0.25, 0.3) is 0 Å². The first kappa shape index (κ1) is 19.1. The lowest BCUT2D eigenvalue weighted by atomic mass is 10.0. The van der Waals surface area contributed by atoms with Crippen LogP contribution in [0.5, 0.6) is 0 Å². The summed E-state index contributed by atoms with van der Waals surface area (Å²) in [5.74, 6) is 0.399. The van der Waals surface area contributed by atoms with Gasteiger partial charge in [-0.05, 0) is 48.7 Å². The van der Waals surface area contributed by atoms with Crippen LogP contribution < -0.4 is 4.90 Å². The molecule has 0 N–H and O–H groups in total. The number of carbonyl (C=O) groups excluding carboxylic acids is 1. The highest BCUT2D eigenvalue weighted by atomic mass is 35.5. The number of rotatable bonds is 4. The molecule has 8 heteroatoms. The van der Waals surface area contributed by atoms with Crippen LogP contribution in [0.4, 0.5) is 5.69 Å². The van der Waals surface area contributed by atoms with Crippen LogP contribution in [0.3, 0.4) is 0 Å². The molecule has 3 heterocycles. The second-order valence-electron chi connectivity index (χ2n) is 7.02. The molecule has 4 aromatic rings. The molecule has 6 nitrogen and oxygen atoms in total. The van der Waals surface area contributed by atoms with Crippen molar-refractivity contribution in [3.05, 3.63) is 71.6 Å². The molecule has 1 amide bonds. The van der Waals surface area contributed by atoms with Crippen molar-refractivity contribution in [1.29, 1.82) is 0 Å². The molecule has 0 bridgehead atoms. The van der Waals surface area contributed by atoms with Crippen molar-refractivity contribution in [2.45, 2.75) is 17.9 Å². The molecule has 150 valence electrons. The number of fused-ring (bicyclic) bond motifs is 2. The summed E-state index contributed by atoms with van der Waals surface area (Å²) in [4.78, 5) is 23.6. The van der Waals surface area contributed by atoms with E-state index in [1.807, 2.05) is 47.4 Å². The van der Waals surface area contributed by atoms with E-state index in [0.717, 1.165) is 41.2 Å². The fourth-order valence-electron chi connectivity index (χ4n) is 3.71. The molecule has 0 radical (unpaired) electrons. The first-order valence-electron chi connectivity index (χ1n) is 9.66. The third-order valence-electron chi connectivity index (χ3n) is 5.14. The molecule has 0 saturated carbocycles. The molecular formula is C22H18ClN5OS. The number of carbonyl (C=O) groups is 1. The molecule has 2 aromatic carbocycles. The number of hydrogen-bond donors (Lipinski definition) is 0. The Morgan fingerprint density at radius 3 is 2.80 bits per heavy atom. The minimum absolute atomic E-state index is 0.0870. The van der Waals surface area contributed by atoms with Gasteiger partial charge in [-0.3, -0.25) is 4.79 Å². The van der Waals surface area contributed by atoms with Crippen LogP contribution >= 0.6 is 23.4 Å². The standard InChI is InChI=1S/C22H18ClN5OS/c23-16-7-9-17(10-8-16)28-21-18(12-26-28)22(25-14-24-21)30-13-20(29)27-11-3-5-15-4-1-2-6-19(15)27/h1-2,4,6-10,12,14H,3,5,11,13H2. The lowest BCUT2D eigenvalue weighted by Gasteiger charge is -2.29. The molecule has 0 atom stereocenters. The van der Waals surface area contributed by atoms with E-state index in [9.17, 15) is 4.79 Å². The zero-order valence-corrected chi connectivity index (χ0v) is 17.6. The number of para-hydroxylation sites is 1. The molecule has 1 aliphatic rings. The highest BCUT2D eigenvalue weighted by Gasteiger charge is 2.22. The summed E-state index contributed by atoms with van der Waals surface area (Å²) < 4.78 is 1.75. The Morgan fingerprint density at radius 2 is 1.93 bits per heavy atom. The maximum atomic E-state index is 13.0. The summed E-state index contributed by atoms with van der Waals surface area (Å²) in [5, 5.41) is 6.70. The zero-order chi connectivity index (χ0) is 20.5. The summed E-state index contributed by atoms with van der Waals surface area (Å²) in [6.07, 6.45) is 5.26. The Morgan fingerprint density at radius 1 is 1.10 bits per heavy atom. The molecule has 0 saturated heterocycles. The fraction of sp³-hybridized carbons (Fsp3) is 0.182. The van der Waals surface area contributed by atoms with Crippen LogP contribution in [0.25, 0.3) is 16.7 Å². The first-order chi connectivity index (χ1) is 14.7. The quantitative estimate of drug-likeness (QED) is 0.348.